The number of nitrogens with two attached hydrogens (primary N) is 1. The zero-order valence-electron chi connectivity index (χ0n) is 8.56. The van der Waals surface area contributed by atoms with E-state index in [-0.39, 0.29) is 11.4 Å². The van der Waals surface area contributed by atoms with Crippen molar-refractivity contribution in [2.24, 2.45) is 11.7 Å². The van der Waals surface area contributed by atoms with E-state index in [4.69, 9.17) is 5.73 Å². The molecule has 6 heteroatoms. The van der Waals surface area contributed by atoms with Gasteiger partial charge in [0.1, 0.15) is 0 Å². The Morgan fingerprint density at radius 3 is 3.00 bits per heavy atom. The molecule has 0 radical (unpaired) electrons. The third-order valence-electron chi connectivity index (χ3n) is 2.89. The Morgan fingerprint density at radius 1 is 1.80 bits per heavy atom. The first-order valence-electron chi connectivity index (χ1n) is 4.95. The van der Waals surface area contributed by atoms with Gasteiger partial charge in [0.05, 0.1) is 5.54 Å². The Balaban J connectivity index is 2.04. The van der Waals surface area contributed by atoms with Crippen LogP contribution in [0.25, 0.3) is 0 Å². The van der Waals surface area contributed by atoms with Gasteiger partial charge in [-0.3, -0.25) is 4.79 Å². The highest BCUT2D eigenvalue weighted by molar-refractivity contribution is 7.03. The molecule has 3 N–H and O–H groups in total. The lowest BCUT2D eigenvalue weighted by Gasteiger charge is -2.28. The first-order valence-corrected chi connectivity index (χ1v) is 5.79. The SMILES string of the molecule is CC(CN)(NC(=O)c1csnn1)C1CC1. The average Bonchev–Trinajstić information content (AvgIpc) is 2.94. The minimum Gasteiger partial charge on any atom is -0.344 e. The molecule has 15 heavy (non-hydrogen) atoms. The fourth-order valence-corrected chi connectivity index (χ4v) is 2.06. The van der Waals surface area contributed by atoms with E-state index in [2.05, 4.69) is 14.9 Å². The number of hydrogen-bond donors (Lipinski definition) is 2. The molecule has 1 atom stereocenters. The summed E-state index contributed by atoms with van der Waals surface area (Å²) in [6, 6.07) is 0. The van der Waals surface area contributed by atoms with Gasteiger partial charge in [-0.15, -0.1) is 5.10 Å². The fraction of sp³-hybridized carbons (Fsp3) is 0.667. The predicted octanol–water partition coefficient (Wildman–Crippen LogP) is 0.395. The van der Waals surface area contributed by atoms with Crippen LogP contribution in [0.3, 0.4) is 0 Å². The van der Waals surface area contributed by atoms with Crippen molar-refractivity contribution in [2.45, 2.75) is 25.3 Å². The van der Waals surface area contributed by atoms with Gasteiger partial charge in [-0.25, -0.2) is 0 Å². The zero-order chi connectivity index (χ0) is 10.9. The molecule has 5 nitrogen and oxygen atoms in total. The number of carbonyl (C=O) groups is 1. The van der Waals surface area contributed by atoms with E-state index < -0.39 is 0 Å². The van der Waals surface area contributed by atoms with Crippen LogP contribution in [-0.4, -0.2) is 27.6 Å². The van der Waals surface area contributed by atoms with Crippen molar-refractivity contribution in [1.82, 2.24) is 14.9 Å². The number of rotatable bonds is 4. The molecule has 0 bridgehead atoms. The first-order chi connectivity index (χ1) is 7.15. The number of aromatic nitrogens is 2. The predicted molar refractivity (Wildman–Crippen MR) is 57.6 cm³/mol. The number of nitrogens with one attached hydrogen (secondary N) is 1. The number of hydrogen-bond acceptors (Lipinski definition) is 5. The Bertz CT molecular complexity index is 349. The minimum atomic E-state index is -0.291. The van der Waals surface area contributed by atoms with Crippen LogP contribution in [0.1, 0.15) is 30.3 Å². The van der Waals surface area contributed by atoms with E-state index in [0.717, 1.165) is 12.8 Å². The molecular formula is C9H14N4OS. The molecule has 1 fully saturated rings. The van der Waals surface area contributed by atoms with Gasteiger partial charge in [0, 0.05) is 11.9 Å². The molecule has 0 spiro atoms. The number of amides is 1. The van der Waals surface area contributed by atoms with Gasteiger partial charge in [0.25, 0.3) is 5.91 Å². The fourth-order valence-electron chi connectivity index (χ4n) is 1.63. The van der Waals surface area contributed by atoms with Crippen LogP contribution in [0.15, 0.2) is 5.38 Å². The van der Waals surface area contributed by atoms with Crippen LogP contribution >= 0.6 is 11.5 Å². The Hall–Kier alpha value is -1.01. The molecule has 1 aliphatic carbocycles. The lowest BCUT2D eigenvalue weighted by atomic mass is 9.96. The maximum atomic E-state index is 11.8. The Labute approximate surface area is 92.2 Å². The molecule has 0 saturated heterocycles. The normalized spacial score (nSPS) is 19.6. The Morgan fingerprint density at radius 2 is 2.53 bits per heavy atom. The topological polar surface area (TPSA) is 80.9 Å². The van der Waals surface area contributed by atoms with Gasteiger partial charge in [-0.05, 0) is 37.2 Å². The monoisotopic (exact) mass is 226 g/mol. The second kappa shape index (κ2) is 3.86. The van der Waals surface area contributed by atoms with Gasteiger partial charge in [-0.1, -0.05) is 4.49 Å². The van der Waals surface area contributed by atoms with Gasteiger partial charge < -0.3 is 11.1 Å². The van der Waals surface area contributed by atoms with E-state index in [1.165, 1.54) is 11.5 Å². The summed E-state index contributed by atoms with van der Waals surface area (Å²) in [5.74, 6) is 0.335. The second-order valence-corrected chi connectivity index (χ2v) is 4.75. The van der Waals surface area contributed by atoms with E-state index in [9.17, 15) is 4.79 Å². The molecule has 1 amide bonds. The summed E-state index contributed by atoms with van der Waals surface area (Å²) in [6.07, 6.45) is 2.28. The van der Waals surface area contributed by atoms with Gasteiger partial charge >= 0.3 is 0 Å². The van der Waals surface area contributed by atoms with Crippen LogP contribution in [0.2, 0.25) is 0 Å². The Kier molecular flexibility index (Phi) is 2.70. The van der Waals surface area contributed by atoms with E-state index in [0.29, 0.717) is 18.2 Å². The van der Waals surface area contributed by atoms with Crippen molar-refractivity contribution < 1.29 is 4.79 Å². The largest absolute Gasteiger partial charge is 0.344 e. The highest BCUT2D eigenvalue weighted by atomic mass is 32.1. The summed E-state index contributed by atoms with van der Waals surface area (Å²) in [6.45, 7) is 2.45. The van der Waals surface area contributed by atoms with Crippen LogP contribution in [0.5, 0.6) is 0 Å². The van der Waals surface area contributed by atoms with Crippen molar-refractivity contribution in [2.75, 3.05) is 6.54 Å². The van der Waals surface area contributed by atoms with Crippen LogP contribution < -0.4 is 11.1 Å². The van der Waals surface area contributed by atoms with E-state index in [1.807, 2.05) is 6.92 Å². The highest BCUT2D eigenvalue weighted by Gasteiger charge is 2.41. The molecule has 0 aliphatic heterocycles. The van der Waals surface area contributed by atoms with Crippen LogP contribution in [0.4, 0.5) is 0 Å². The highest BCUT2D eigenvalue weighted by Crippen LogP contribution is 2.39. The second-order valence-electron chi connectivity index (χ2n) is 4.14. The summed E-state index contributed by atoms with van der Waals surface area (Å²) in [4.78, 5) is 11.8. The average molecular weight is 226 g/mol. The molecule has 82 valence electrons. The van der Waals surface area contributed by atoms with Crippen LogP contribution in [-0.2, 0) is 0 Å². The maximum Gasteiger partial charge on any atom is 0.273 e. The van der Waals surface area contributed by atoms with Gasteiger partial charge in [0.15, 0.2) is 5.69 Å². The van der Waals surface area contributed by atoms with Crippen molar-refractivity contribution in [3.8, 4) is 0 Å². The summed E-state index contributed by atoms with van der Waals surface area (Å²) >= 11 is 1.17. The molecule has 2 rings (SSSR count). The van der Waals surface area contributed by atoms with Crippen molar-refractivity contribution in [1.29, 1.82) is 0 Å². The number of carbonyl (C=O) groups excluding carboxylic acids is 1. The molecule has 1 heterocycles. The first kappa shape index (κ1) is 10.5. The summed E-state index contributed by atoms with van der Waals surface area (Å²) in [5.41, 5.74) is 5.79. The molecule has 1 saturated carbocycles. The van der Waals surface area contributed by atoms with E-state index in [1.54, 1.807) is 5.38 Å². The van der Waals surface area contributed by atoms with Crippen LogP contribution in [0, 0.1) is 5.92 Å². The molecule has 1 aromatic heterocycles. The smallest absolute Gasteiger partial charge is 0.273 e. The summed E-state index contributed by atoms with van der Waals surface area (Å²) in [7, 11) is 0. The molecule has 1 unspecified atom stereocenters. The summed E-state index contributed by atoms with van der Waals surface area (Å²) < 4.78 is 3.66. The maximum absolute atomic E-state index is 11.8. The molecule has 1 aromatic rings. The molecular weight excluding hydrogens is 212 g/mol. The van der Waals surface area contributed by atoms with Crippen molar-refractivity contribution in [3.63, 3.8) is 0 Å². The quantitative estimate of drug-likeness (QED) is 0.778. The lowest BCUT2D eigenvalue weighted by Crippen LogP contribution is -2.53. The van der Waals surface area contributed by atoms with Gasteiger partial charge in [0.2, 0.25) is 0 Å². The molecule has 0 aromatic carbocycles. The van der Waals surface area contributed by atoms with Crippen molar-refractivity contribution >= 4 is 17.4 Å². The standard InChI is InChI=1S/C9H14N4OS/c1-9(5-10,6-2-3-6)11-8(14)7-4-15-13-12-7/h4,6H,2-3,5,10H2,1H3,(H,11,14). The molecule has 1 aliphatic rings. The van der Waals surface area contributed by atoms with Crippen molar-refractivity contribution in [3.05, 3.63) is 11.1 Å². The third-order valence-corrected chi connectivity index (χ3v) is 3.40. The third kappa shape index (κ3) is 2.15. The zero-order valence-corrected chi connectivity index (χ0v) is 9.38. The summed E-state index contributed by atoms with van der Waals surface area (Å²) in [5, 5.41) is 8.32. The van der Waals surface area contributed by atoms with Gasteiger partial charge in [-0.2, -0.15) is 0 Å². The minimum absolute atomic E-state index is 0.177. The van der Waals surface area contributed by atoms with E-state index >= 15 is 0 Å². The number of nitrogens with zero attached hydrogens (tertiary/aromatic N) is 2. The lowest BCUT2D eigenvalue weighted by molar-refractivity contribution is 0.0892.